The summed E-state index contributed by atoms with van der Waals surface area (Å²) in [5.74, 6) is -7.59. The molecular weight excluding hydrogens is 724 g/mol. The number of aliphatic hydroxyl groups excluding tert-OH is 3. The Kier molecular flexibility index (Phi) is 12.8. The zero-order valence-corrected chi connectivity index (χ0v) is 33.5. The summed E-state index contributed by atoms with van der Waals surface area (Å²) in [6, 6.07) is 0. The van der Waals surface area contributed by atoms with Gasteiger partial charge in [0.25, 0.3) is 11.7 Å². The van der Waals surface area contributed by atoms with Gasteiger partial charge in [0.1, 0.15) is 17.2 Å². The maximum Gasteiger partial charge on any atom is 0.312 e. The average molecular weight is 781 g/mol. The lowest BCUT2D eigenvalue weighted by molar-refractivity contribution is -0.112. The van der Waals surface area contributed by atoms with Crippen molar-refractivity contribution in [1.82, 2.24) is 9.91 Å². The molecule has 15 heteroatoms. The summed E-state index contributed by atoms with van der Waals surface area (Å²) < 4.78 is 17.7. The number of piperazine rings is 1. The molecule has 0 aromatic heterocycles. The Morgan fingerprint density at radius 2 is 1.52 bits per heavy atom. The molecule has 1 amide bonds. The molecule has 1 saturated heterocycles. The second-order valence-corrected chi connectivity index (χ2v) is 15.5. The summed E-state index contributed by atoms with van der Waals surface area (Å²) in [5, 5.41) is 77.6. The second kappa shape index (κ2) is 16.8. The number of Topliss-reactive ketones (excluding diaryl/α,β-unsaturated/α-hetero) is 1. The molecule has 306 valence electrons. The first-order valence-electron chi connectivity index (χ1n) is 18.9. The van der Waals surface area contributed by atoms with Crippen LogP contribution in [0.25, 0.3) is 10.8 Å². The van der Waals surface area contributed by atoms with Gasteiger partial charge in [-0.2, -0.15) is 5.10 Å². The second-order valence-electron chi connectivity index (χ2n) is 15.5. The van der Waals surface area contributed by atoms with Gasteiger partial charge in [-0.25, -0.2) is 0 Å². The van der Waals surface area contributed by atoms with Crippen LogP contribution in [-0.4, -0.2) is 129 Å². The van der Waals surface area contributed by atoms with Crippen LogP contribution < -0.4 is 10.1 Å². The molecule has 15 nitrogen and oxygen atoms in total. The molecule has 4 aliphatic rings. The summed E-state index contributed by atoms with van der Waals surface area (Å²) in [4.78, 5) is 30.1. The largest absolute Gasteiger partial charge is 0.507 e. The number of nitrogens with one attached hydrogen (secondary N) is 1. The zero-order valence-electron chi connectivity index (χ0n) is 33.5. The molecule has 6 rings (SSSR count). The van der Waals surface area contributed by atoms with Crippen LogP contribution in [0.1, 0.15) is 63.0 Å². The van der Waals surface area contributed by atoms with Crippen molar-refractivity contribution < 1.29 is 54.4 Å². The van der Waals surface area contributed by atoms with Crippen LogP contribution in [0, 0.1) is 30.6 Å². The number of nitrogens with zero attached hydrogens (tertiary/aromatic N) is 3. The number of phenolic OH excluding ortho intramolecular Hbond substituents is 3. The van der Waals surface area contributed by atoms with Gasteiger partial charge in [0.15, 0.2) is 5.75 Å². The molecule has 0 aliphatic carbocycles. The number of aliphatic hydroxyl groups is 3. The average Bonchev–Trinajstić information content (AvgIpc) is 3.44. The summed E-state index contributed by atoms with van der Waals surface area (Å²) in [6.07, 6.45) is 4.79. The summed E-state index contributed by atoms with van der Waals surface area (Å²) in [5.41, 5.74) is -0.290. The number of methoxy groups -OCH3 is 1. The van der Waals surface area contributed by atoms with Gasteiger partial charge in [0.2, 0.25) is 0 Å². The summed E-state index contributed by atoms with van der Waals surface area (Å²) >= 11 is 0. The van der Waals surface area contributed by atoms with Crippen LogP contribution in [0.3, 0.4) is 0 Å². The molecule has 9 atom stereocenters. The first-order chi connectivity index (χ1) is 26.3. The number of benzene rings is 2. The fraction of sp³-hybridized carbons (Fsp3) is 0.537. The molecule has 7 N–H and O–H groups in total. The number of fused-ring (bicyclic) bond motifs is 14. The number of rotatable bonds is 3. The third-order valence-electron chi connectivity index (χ3n) is 11.6. The first-order valence-corrected chi connectivity index (χ1v) is 18.9. The molecule has 9 unspecified atom stereocenters. The monoisotopic (exact) mass is 780 g/mol. The van der Waals surface area contributed by atoms with Crippen molar-refractivity contribution in [3.05, 3.63) is 52.8 Å². The molecule has 4 aliphatic heterocycles. The van der Waals surface area contributed by atoms with E-state index < -0.39 is 82.8 Å². The van der Waals surface area contributed by atoms with E-state index in [1.54, 1.807) is 44.9 Å². The predicted molar refractivity (Wildman–Crippen MR) is 211 cm³/mol. The summed E-state index contributed by atoms with van der Waals surface area (Å²) in [6.45, 7) is 13.8. The van der Waals surface area contributed by atoms with Crippen molar-refractivity contribution in [2.24, 2.45) is 28.8 Å². The zero-order chi connectivity index (χ0) is 41.4. The number of hydrogen-bond acceptors (Lipinski definition) is 14. The number of carbonyl (C=O) groups excluding carboxylic acids is 2. The standard InChI is InChI=1S/C41H56N4O11/c1-20-11-10-12-21(2)40(53)43-31-26(19-42-45-16-14-44(8)15-17-45)36(50)28-29(37(31)51)35(49)25(6)38-30(28)39(52)41(7,56-38)55-18-13-27(54-9)22(3)33(47)24(5)34(48)23(4)32(20)46/h10-13,18-20,22-24,27,32-34,46-51H,14-17H2,1-9H3,(H,43,53)/b11-10-,18-13-,21-12-,42-19+. The van der Waals surface area contributed by atoms with Crippen LogP contribution in [0.15, 0.2) is 41.2 Å². The molecule has 1 fully saturated rings. The van der Waals surface area contributed by atoms with Crippen molar-refractivity contribution in [3.8, 4) is 23.0 Å². The van der Waals surface area contributed by atoms with Gasteiger partial charge in [-0.3, -0.25) is 14.6 Å². The predicted octanol–water partition coefficient (Wildman–Crippen LogP) is 3.76. The fourth-order valence-corrected chi connectivity index (χ4v) is 7.53. The Labute approximate surface area is 327 Å². The van der Waals surface area contributed by atoms with Crippen LogP contribution in [0.5, 0.6) is 23.0 Å². The van der Waals surface area contributed by atoms with Gasteiger partial charge in [-0.05, 0) is 27.0 Å². The van der Waals surface area contributed by atoms with Gasteiger partial charge in [0, 0.05) is 80.4 Å². The van der Waals surface area contributed by atoms with E-state index >= 15 is 0 Å². The minimum absolute atomic E-state index is 0.0688. The number of amides is 1. The Hall–Kier alpha value is -4.67. The lowest BCUT2D eigenvalue weighted by Crippen LogP contribution is -2.44. The minimum Gasteiger partial charge on any atom is -0.507 e. The van der Waals surface area contributed by atoms with Gasteiger partial charge in [-0.15, -0.1) is 0 Å². The number of aromatic hydroxyl groups is 3. The van der Waals surface area contributed by atoms with Crippen LogP contribution in [0.4, 0.5) is 5.69 Å². The highest BCUT2D eigenvalue weighted by Gasteiger charge is 2.50. The number of phenols is 3. The molecule has 0 saturated carbocycles. The molecule has 56 heavy (non-hydrogen) atoms. The van der Waals surface area contributed by atoms with Crippen LogP contribution >= 0.6 is 0 Å². The third kappa shape index (κ3) is 7.96. The van der Waals surface area contributed by atoms with E-state index in [4.69, 9.17) is 14.2 Å². The Balaban J connectivity index is 1.70. The lowest BCUT2D eigenvalue weighted by Gasteiger charge is -2.36. The summed E-state index contributed by atoms with van der Waals surface area (Å²) in [7, 11) is 3.43. The molecule has 5 bridgehead atoms. The lowest BCUT2D eigenvalue weighted by atomic mass is 9.78. The van der Waals surface area contributed by atoms with E-state index in [1.165, 1.54) is 52.5 Å². The molecular formula is C41H56N4O11. The molecule has 0 spiro atoms. The van der Waals surface area contributed by atoms with Gasteiger partial charge in [-0.1, -0.05) is 45.9 Å². The Morgan fingerprint density at radius 3 is 2.16 bits per heavy atom. The maximum atomic E-state index is 14.3. The third-order valence-corrected chi connectivity index (χ3v) is 11.6. The van der Waals surface area contributed by atoms with E-state index in [0.29, 0.717) is 13.1 Å². The van der Waals surface area contributed by atoms with Crippen molar-refractivity contribution in [1.29, 1.82) is 0 Å². The van der Waals surface area contributed by atoms with Gasteiger partial charge >= 0.3 is 5.79 Å². The number of ether oxygens (including phenoxy) is 3. The quantitative estimate of drug-likeness (QED) is 0.134. The van der Waals surface area contributed by atoms with E-state index in [9.17, 15) is 40.2 Å². The molecule has 2 aromatic carbocycles. The topological polar surface area (TPSA) is 214 Å². The first kappa shape index (κ1) is 42.5. The van der Waals surface area contributed by atoms with E-state index in [-0.39, 0.29) is 44.5 Å². The highest BCUT2D eigenvalue weighted by atomic mass is 16.7. The maximum absolute atomic E-state index is 14.3. The van der Waals surface area contributed by atoms with Crippen molar-refractivity contribution in [2.75, 3.05) is 45.7 Å². The number of likely N-dealkylation sites (N-methyl/N-ethyl adjacent to an activating group) is 1. The van der Waals surface area contributed by atoms with E-state index in [0.717, 1.165) is 13.1 Å². The van der Waals surface area contributed by atoms with Crippen molar-refractivity contribution in [2.45, 2.75) is 78.7 Å². The van der Waals surface area contributed by atoms with Gasteiger partial charge < -0.3 is 55.1 Å². The van der Waals surface area contributed by atoms with Crippen LogP contribution in [-0.2, 0) is 14.3 Å². The van der Waals surface area contributed by atoms with Gasteiger partial charge in [0.05, 0.1) is 59.1 Å². The normalized spacial score (nSPS) is 33.3. The Morgan fingerprint density at radius 1 is 0.893 bits per heavy atom. The van der Waals surface area contributed by atoms with Crippen molar-refractivity contribution in [3.63, 3.8) is 0 Å². The fourth-order valence-electron chi connectivity index (χ4n) is 7.53. The van der Waals surface area contributed by atoms with E-state index in [1.807, 2.05) is 7.05 Å². The number of hydrazone groups is 1. The highest BCUT2D eigenvalue weighted by molar-refractivity contribution is 6.23. The van der Waals surface area contributed by atoms with Crippen molar-refractivity contribution >= 4 is 34.4 Å². The smallest absolute Gasteiger partial charge is 0.312 e. The molecule has 4 heterocycles. The van der Waals surface area contributed by atoms with E-state index in [2.05, 4.69) is 15.3 Å². The number of hydrogen-bond donors (Lipinski definition) is 7. The number of ketones is 1. The number of carbonyl (C=O) groups is 2. The minimum atomic E-state index is -2.01. The van der Waals surface area contributed by atoms with Crippen LogP contribution in [0.2, 0.25) is 0 Å². The molecule has 0 radical (unpaired) electrons. The molecule has 2 aromatic rings. The number of anilines is 1. The Bertz CT molecular complexity index is 1950. The highest BCUT2D eigenvalue weighted by Crippen LogP contribution is 2.55. The number of allylic oxidation sites excluding steroid dienone is 2. The SMILES string of the molecule is COC1/C=C\OC2(C)Oc3c(C)c(O)c4c(O)c(c(/C=N/N5CCN(C)CC5)c(O)c4c3C2=O)NC(=O)/C(C)=C\C=C/C(C)C(O)C(C)C(O)C(C)C(O)C1C.